The highest BCUT2D eigenvalue weighted by Gasteiger charge is 2.38. The zero-order chi connectivity index (χ0) is 40.0. The molecule has 2 aromatic carbocycles. The molecule has 0 bridgehead atoms. The molecule has 1 aliphatic heterocycles. The molecule has 286 valence electrons. The van der Waals surface area contributed by atoms with E-state index in [2.05, 4.69) is 20.2 Å². The van der Waals surface area contributed by atoms with Gasteiger partial charge in [0, 0.05) is 50.4 Å². The minimum Gasteiger partial charge on any atom is -0.508 e. The number of rotatable bonds is 10. The van der Waals surface area contributed by atoms with Gasteiger partial charge in [0.25, 0.3) is 11.8 Å². The minimum atomic E-state index is -0.706. The second-order valence-electron chi connectivity index (χ2n) is 13.8. The van der Waals surface area contributed by atoms with E-state index in [0.29, 0.717) is 88.1 Å². The number of amides is 4. The van der Waals surface area contributed by atoms with Gasteiger partial charge in [0.15, 0.2) is 0 Å². The van der Waals surface area contributed by atoms with Gasteiger partial charge < -0.3 is 30.6 Å². The van der Waals surface area contributed by atoms with Gasteiger partial charge in [-0.3, -0.25) is 28.5 Å². The molecule has 3 aromatic heterocycles. The second kappa shape index (κ2) is 14.7. The molecule has 0 saturated heterocycles. The fourth-order valence-electron chi connectivity index (χ4n) is 7.17. The number of fused-ring (bicyclic) bond motifs is 2. The average Bonchev–Trinajstić information content (AvgIpc) is 3.86. The Morgan fingerprint density at radius 1 is 0.782 bits per heavy atom. The zero-order valence-corrected chi connectivity index (χ0v) is 32.2. The third-order valence-corrected chi connectivity index (χ3v) is 10.1. The van der Waals surface area contributed by atoms with Crippen LogP contribution in [0.1, 0.15) is 98.7 Å². The summed E-state index contributed by atoms with van der Waals surface area (Å²) in [6, 6.07) is 11.4. The van der Waals surface area contributed by atoms with Crippen molar-refractivity contribution in [3.8, 4) is 5.75 Å². The molecule has 1 atom stereocenters. The van der Waals surface area contributed by atoms with E-state index in [0.717, 1.165) is 11.1 Å². The smallest absolute Gasteiger partial charge is 0.298 e. The number of hydrogen-bond donors (Lipinski definition) is 3. The summed E-state index contributed by atoms with van der Waals surface area (Å²) < 4.78 is 6.84. The Hall–Kier alpha value is -6.58. The van der Waals surface area contributed by atoms with Gasteiger partial charge in [-0.25, -0.2) is 0 Å². The van der Waals surface area contributed by atoms with Crippen LogP contribution in [-0.4, -0.2) is 70.3 Å². The summed E-state index contributed by atoms with van der Waals surface area (Å²) in [6.45, 7) is 12.6. The predicted molar refractivity (Wildman–Crippen MR) is 207 cm³/mol. The fourth-order valence-corrected chi connectivity index (χ4v) is 7.17. The SMILES string of the molecule is CCn1nc(C)cc1C(=O)/N=C1/C(C/C(C)=C(\C)Cn2/c(=N/C(=O)c3cc(C)nn3CC)n(C)c3cc(C(N)=O)ccc32)c2c(O)cc(C(N)=O)cc2N1C. The van der Waals surface area contributed by atoms with Crippen LogP contribution in [0.2, 0.25) is 0 Å². The molecule has 16 heteroatoms. The Bertz CT molecular complexity index is 2560. The first-order chi connectivity index (χ1) is 26.0. The van der Waals surface area contributed by atoms with E-state index in [9.17, 15) is 24.3 Å². The number of nitrogens with zero attached hydrogens (tertiary/aromatic N) is 9. The lowest BCUT2D eigenvalue weighted by Crippen LogP contribution is -2.28. The number of imidazole rings is 1. The molecule has 0 spiro atoms. The number of aryl methyl sites for hydroxylation is 5. The number of phenolic OH excluding ortho intramolecular Hbond substituents is 1. The maximum Gasteiger partial charge on any atom is 0.298 e. The number of nitrogens with two attached hydrogens (primary N) is 2. The van der Waals surface area contributed by atoms with E-state index in [1.165, 1.54) is 6.07 Å². The Balaban J connectivity index is 1.47. The quantitative estimate of drug-likeness (QED) is 0.178. The lowest BCUT2D eigenvalue weighted by molar-refractivity contribution is 0.0979. The maximum atomic E-state index is 13.7. The topological polar surface area (TPSA) is 214 Å². The predicted octanol–water partition coefficient (Wildman–Crippen LogP) is 3.87. The summed E-state index contributed by atoms with van der Waals surface area (Å²) in [4.78, 5) is 62.6. The van der Waals surface area contributed by atoms with Crippen LogP contribution in [0.4, 0.5) is 5.69 Å². The number of amidine groups is 1. The first-order valence-corrected chi connectivity index (χ1v) is 17.9. The highest BCUT2D eigenvalue weighted by Crippen LogP contribution is 2.46. The summed E-state index contributed by atoms with van der Waals surface area (Å²) in [7, 11) is 3.50. The number of primary amides is 2. The van der Waals surface area contributed by atoms with Crippen LogP contribution in [0.5, 0.6) is 5.75 Å². The van der Waals surface area contributed by atoms with E-state index >= 15 is 0 Å². The summed E-state index contributed by atoms with van der Waals surface area (Å²) in [5.74, 6) is -2.61. The van der Waals surface area contributed by atoms with Gasteiger partial charge in [-0.1, -0.05) is 11.1 Å². The number of phenols is 1. The number of carbonyl (C=O) groups is 4. The molecule has 0 aliphatic carbocycles. The van der Waals surface area contributed by atoms with Crippen LogP contribution in [0.25, 0.3) is 11.0 Å². The summed E-state index contributed by atoms with van der Waals surface area (Å²) >= 11 is 0. The van der Waals surface area contributed by atoms with Crippen molar-refractivity contribution in [2.45, 2.75) is 73.5 Å². The van der Waals surface area contributed by atoms with E-state index in [1.54, 1.807) is 76.2 Å². The van der Waals surface area contributed by atoms with Crippen molar-refractivity contribution in [1.29, 1.82) is 0 Å². The summed E-state index contributed by atoms with van der Waals surface area (Å²) in [6.07, 6.45) is 0.336. The Morgan fingerprint density at radius 3 is 1.93 bits per heavy atom. The average molecular weight is 748 g/mol. The van der Waals surface area contributed by atoms with E-state index in [-0.39, 0.29) is 11.3 Å². The lowest BCUT2D eigenvalue weighted by atomic mass is 9.90. The molecule has 1 aliphatic rings. The number of aromatic hydroxyl groups is 1. The molecule has 16 nitrogen and oxygen atoms in total. The third-order valence-electron chi connectivity index (χ3n) is 10.1. The van der Waals surface area contributed by atoms with Crippen LogP contribution in [-0.2, 0) is 26.7 Å². The molecule has 0 radical (unpaired) electrons. The lowest BCUT2D eigenvalue weighted by Gasteiger charge is -2.18. The number of aliphatic imine (C=N–C) groups is 1. The fraction of sp³-hybridized carbons (Fsp3) is 0.333. The van der Waals surface area contributed by atoms with Crippen molar-refractivity contribution >= 4 is 46.2 Å². The number of allylic oxidation sites excluding steroid dienone is 2. The summed E-state index contributed by atoms with van der Waals surface area (Å²) in [5.41, 5.74) is 18.2. The molecule has 4 amide bonds. The normalized spacial score (nSPS) is 15.6. The minimum absolute atomic E-state index is 0.118. The zero-order valence-electron chi connectivity index (χ0n) is 32.2. The van der Waals surface area contributed by atoms with Gasteiger partial charge in [0.2, 0.25) is 17.4 Å². The van der Waals surface area contributed by atoms with E-state index < -0.39 is 29.5 Å². The third kappa shape index (κ3) is 6.98. The van der Waals surface area contributed by atoms with E-state index in [1.807, 2.05) is 39.2 Å². The number of aromatic nitrogens is 6. The van der Waals surface area contributed by atoms with Gasteiger partial charge >= 0.3 is 0 Å². The van der Waals surface area contributed by atoms with Crippen molar-refractivity contribution in [3.63, 3.8) is 0 Å². The Labute approximate surface area is 317 Å². The molecule has 6 rings (SSSR count). The Morgan fingerprint density at radius 2 is 1.36 bits per heavy atom. The molecule has 5 aromatic rings. The first-order valence-electron chi connectivity index (χ1n) is 17.9. The molecule has 0 fully saturated rings. The second-order valence-corrected chi connectivity index (χ2v) is 13.8. The number of carbonyl (C=O) groups excluding carboxylic acids is 4. The van der Waals surface area contributed by atoms with Crippen LogP contribution in [0.3, 0.4) is 0 Å². The number of anilines is 1. The van der Waals surface area contributed by atoms with Crippen LogP contribution >= 0.6 is 0 Å². The molecule has 1 unspecified atom stereocenters. The molecular weight excluding hydrogens is 703 g/mol. The van der Waals surface area contributed by atoms with E-state index in [4.69, 9.17) is 11.5 Å². The maximum absolute atomic E-state index is 13.7. The molecule has 55 heavy (non-hydrogen) atoms. The number of hydrogen-bond acceptors (Lipinski definition) is 7. The largest absolute Gasteiger partial charge is 0.508 e. The molecule has 0 saturated carbocycles. The first kappa shape index (κ1) is 38.2. The van der Waals surface area contributed by atoms with Crippen LogP contribution in [0.15, 0.2) is 63.6 Å². The van der Waals surface area contributed by atoms with Crippen molar-refractivity contribution in [2.24, 2.45) is 28.5 Å². The van der Waals surface area contributed by atoms with Crippen LogP contribution < -0.4 is 22.0 Å². The van der Waals surface area contributed by atoms with Gasteiger partial charge in [0.05, 0.1) is 34.0 Å². The van der Waals surface area contributed by atoms with Gasteiger partial charge in [-0.05, 0) is 90.4 Å². The number of likely N-dealkylation sites (N-methyl/N-ethyl adjacent to an activating group) is 1. The highest BCUT2D eigenvalue weighted by molar-refractivity contribution is 6.15. The molecule has 5 N–H and O–H groups in total. The monoisotopic (exact) mass is 747 g/mol. The van der Waals surface area contributed by atoms with Crippen molar-refractivity contribution in [2.75, 3.05) is 11.9 Å². The van der Waals surface area contributed by atoms with Crippen molar-refractivity contribution in [3.05, 3.63) is 98.7 Å². The molecular formula is C39H45N11O5. The standard InChI is InChI=1S/C39H45N11O5/c1-9-49-30(14-22(5)44-49)37(54)42-36-26(33-29(46(36)7)17-25(35(41)53)18-32(33)51)13-20(3)21(4)19-48-27-12-11-24(34(40)52)16-28(27)47(8)39(48)43-38(55)31-15-23(6)45-50(31)10-2/h11-12,14-18,26,51H,9-10,13,19H2,1-8H3,(H2,40,52)(H2,41,53)/b21-20+,42-36-,43-39+. The summed E-state index contributed by atoms with van der Waals surface area (Å²) in [5, 5.41) is 20.1. The van der Waals surface area contributed by atoms with Crippen molar-refractivity contribution in [1.82, 2.24) is 28.7 Å². The van der Waals surface area contributed by atoms with Crippen molar-refractivity contribution < 1.29 is 24.3 Å². The molecule has 4 heterocycles. The van der Waals surface area contributed by atoms with Gasteiger partial charge in [-0.15, -0.1) is 0 Å². The number of benzene rings is 2. The van der Waals surface area contributed by atoms with Gasteiger partial charge in [0.1, 0.15) is 23.0 Å². The Kier molecular flexibility index (Phi) is 10.2. The van der Waals surface area contributed by atoms with Crippen LogP contribution in [0, 0.1) is 13.8 Å². The highest BCUT2D eigenvalue weighted by atomic mass is 16.3. The van der Waals surface area contributed by atoms with Gasteiger partial charge in [-0.2, -0.15) is 20.2 Å².